The quantitative estimate of drug-likeness (QED) is 0.752. The molecule has 83 valence electrons. The molecule has 0 unspecified atom stereocenters. The average molecular weight is 226 g/mol. The van der Waals surface area contributed by atoms with Crippen molar-refractivity contribution in [3.63, 3.8) is 0 Å². The molecule has 1 rings (SSSR count). The fraction of sp³-hybridized carbons (Fsp3) is 0.600. The van der Waals surface area contributed by atoms with Gasteiger partial charge in [0.2, 0.25) is 5.91 Å². The highest BCUT2D eigenvalue weighted by Gasteiger charge is 2.23. The lowest BCUT2D eigenvalue weighted by atomic mass is 10.1. The minimum absolute atomic E-state index is 0.0668. The molecule has 1 amide bonds. The van der Waals surface area contributed by atoms with E-state index in [4.69, 9.17) is 5.41 Å². The fourth-order valence-corrected chi connectivity index (χ4v) is 2.11. The van der Waals surface area contributed by atoms with Crippen LogP contribution in [0.5, 0.6) is 0 Å². The van der Waals surface area contributed by atoms with Crippen LogP contribution in [-0.2, 0) is 4.79 Å². The lowest BCUT2D eigenvalue weighted by Gasteiger charge is -2.15. The summed E-state index contributed by atoms with van der Waals surface area (Å²) in [5.41, 5.74) is 0. The number of thioether (sulfide) groups is 1. The second-order valence-electron chi connectivity index (χ2n) is 3.42. The molecule has 0 aromatic rings. The number of nitrogens with zero attached hydrogens (tertiary/aromatic N) is 1. The zero-order valence-corrected chi connectivity index (χ0v) is 9.91. The molecule has 1 radical (unpaired) electrons. The van der Waals surface area contributed by atoms with Crippen molar-refractivity contribution in [3.8, 4) is 0 Å². The van der Waals surface area contributed by atoms with Crippen LogP contribution in [0.25, 0.3) is 0 Å². The smallest absolute Gasteiger partial charge is 0.217 e. The Balaban J connectivity index is 2.58. The van der Waals surface area contributed by atoms with E-state index in [0.717, 1.165) is 30.3 Å². The first kappa shape index (κ1) is 12.2. The van der Waals surface area contributed by atoms with E-state index in [1.807, 2.05) is 0 Å². The van der Waals surface area contributed by atoms with Gasteiger partial charge in [-0.15, -0.1) is 11.8 Å². The SMILES string of the molecule is CCCC[C](NC(C)=O)C1=NC(=N)CS1. The lowest BCUT2D eigenvalue weighted by Crippen LogP contribution is -2.30. The summed E-state index contributed by atoms with van der Waals surface area (Å²) in [6.45, 7) is 3.61. The monoisotopic (exact) mass is 226 g/mol. The number of nitrogens with one attached hydrogen (secondary N) is 2. The molecule has 0 atom stereocenters. The topological polar surface area (TPSA) is 65.3 Å². The van der Waals surface area contributed by atoms with E-state index < -0.39 is 0 Å². The van der Waals surface area contributed by atoms with Crippen molar-refractivity contribution in [1.29, 1.82) is 5.41 Å². The molecule has 0 saturated carbocycles. The molecule has 1 heterocycles. The maximum Gasteiger partial charge on any atom is 0.217 e. The molecular weight excluding hydrogens is 210 g/mol. The largest absolute Gasteiger partial charge is 0.342 e. The molecule has 0 bridgehead atoms. The van der Waals surface area contributed by atoms with Crippen LogP contribution in [0.4, 0.5) is 0 Å². The molecule has 0 aromatic heterocycles. The Hall–Kier alpha value is -0.840. The summed E-state index contributed by atoms with van der Waals surface area (Å²) in [6, 6.07) is 0.872. The fourth-order valence-electron chi connectivity index (χ4n) is 1.27. The van der Waals surface area contributed by atoms with Crippen molar-refractivity contribution < 1.29 is 4.79 Å². The molecule has 5 heteroatoms. The number of carbonyl (C=O) groups excluding carboxylic acids is 1. The van der Waals surface area contributed by atoms with Gasteiger partial charge in [0.05, 0.1) is 5.75 Å². The van der Waals surface area contributed by atoms with Gasteiger partial charge in [-0.05, 0) is 6.42 Å². The lowest BCUT2D eigenvalue weighted by molar-refractivity contribution is -0.118. The van der Waals surface area contributed by atoms with Crippen molar-refractivity contribution in [2.75, 3.05) is 5.75 Å². The van der Waals surface area contributed by atoms with Crippen molar-refractivity contribution >= 4 is 28.5 Å². The van der Waals surface area contributed by atoms with Gasteiger partial charge in [-0.25, -0.2) is 4.99 Å². The number of rotatable bonds is 5. The summed E-state index contributed by atoms with van der Waals surface area (Å²) in [5.74, 6) is 0.932. The van der Waals surface area contributed by atoms with E-state index >= 15 is 0 Å². The number of aliphatic imine (C=N–C) groups is 1. The summed E-state index contributed by atoms with van der Waals surface area (Å²) < 4.78 is 0. The van der Waals surface area contributed by atoms with E-state index in [2.05, 4.69) is 17.2 Å². The van der Waals surface area contributed by atoms with Crippen molar-refractivity contribution in [1.82, 2.24) is 5.32 Å². The average Bonchev–Trinajstić information content (AvgIpc) is 2.58. The number of amides is 1. The van der Waals surface area contributed by atoms with Crippen LogP contribution < -0.4 is 5.32 Å². The minimum Gasteiger partial charge on any atom is -0.342 e. The minimum atomic E-state index is -0.0668. The third-order valence-electron chi connectivity index (χ3n) is 1.95. The number of hydrogen-bond donors (Lipinski definition) is 2. The number of hydrogen-bond acceptors (Lipinski definition) is 3. The normalized spacial score (nSPS) is 15.7. The molecule has 0 aromatic carbocycles. The summed E-state index contributed by atoms with van der Waals surface area (Å²) in [5, 5.41) is 11.0. The summed E-state index contributed by atoms with van der Waals surface area (Å²) >= 11 is 1.52. The summed E-state index contributed by atoms with van der Waals surface area (Å²) in [4.78, 5) is 15.1. The molecular formula is C10H16N3OS. The first-order valence-electron chi connectivity index (χ1n) is 5.06. The first-order chi connectivity index (χ1) is 7.13. The van der Waals surface area contributed by atoms with E-state index in [0.29, 0.717) is 11.6 Å². The molecule has 0 fully saturated rings. The van der Waals surface area contributed by atoms with E-state index in [1.54, 1.807) is 0 Å². The second kappa shape index (κ2) is 5.90. The van der Waals surface area contributed by atoms with Crippen LogP contribution in [0.1, 0.15) is 33.1 Å². The van der Waals surface area contributed by atoms with Crippen molar-refractivity contribution in [2.24, 2.45) is 4.99 Å². The van der Waals surface area contributed by atoms with Gasteiger partial charge in [0.1, 0.15) is 16.9 Å². The van der Waals surface area contributed by atoms with Crippen molar-refractivity contribution in [3.05, 3.63) is 6.04 Å². The summed E-state index contributed by atoms with van der Waals surface area (Å²) in [6.07, 6.45) is 2.94. The number of unbranched alkanes of at least 4 members (excludes halogenated alkanes) is 1. The van der Waals surface area contributed by atoms with E-state index in [1.165, 1.54) is 18.7 Å². The Bertz CT molecular complexity index is 288. The predicted octanol–water partition coefficient (Wildman–Crippen LogP) is 1.97. The molecule has 0 aliphatic carbocycles. The van der Waals surface area contributed by atoms with Crippen LogP contribution >= 0.6 is 11.8 Å². The van der Waals surface area contributed by atoms with Gasteiger partial charge in [-0.1, -0.05) is 19.8 Å². The molecule has 1 aliphatic rings. The van der Waals surface area contributed by atoms with Gasteiger partial charge < -0.3 is 5.32 Å². The van der Waals surface area contributed by atoms with Crippen LogP contribution in [0.3, 0.4) is 0 Å². The highest BCUT2D eigenvalue weighted by molar-refractivity contribution is 8.15. The van der Waals surface area contributed by atoms with Gasteiger partial charge in [0.15, 0.2) is 0 Å². The number of amidine groups is 1. The van der Waals surface area contributed by atoms with E-state index in [9.17, 15) is 4.79 Å². The molecule has 4 nitrogen and oxygen atoms in total. The van der Waals surface area contributed by atoms with Gasteiger partial charge in [-0.3, -0.25) is 10.2 Å². The molecule has 1 aliphatic heterocycles. The Morgan fingerprint density at radius 3 is 2.87 bits per heavy atom. The van der Waals surface area contributed by atoms with Gasteiger partial charge in [0, 0.05) is 6.92 Å². The van der Waals surface area contributed by atoms with Crippen molar-refractivity contribution in [2.45, 2.75) is 33.1 Å². The zero-order valence-electron chi connectivity index (χ0n) is 9.09. The molecule has 15 heavy (non-hydrogen) atoms. The van der Waals surface area contributed by atoms with E-state index in [-0.39, 0.29) is 5.91 Å². The highest BCUT2D eigenvalue weighted by Crippen LogP contribution is 2.23. The highest BCUT2D eigenvalue weighted by atomic mass is 32.2. The van der Waals surface area contributed by atoms with Gasteiger partial charge >= 0.3 is 0 Å². The Kier molecular flexibility index (Phi) is 4.81. The maximum atomic E-state index is 11.0. The van der Waals surface area contributed by atoms with Crippen LogP contribution in [0.2, 0.25) is 0 Å². The second-order valence-corrected chi connectivity index (χ2v) is 4.38. The third kappa shape index (κ3) is 4.03. The van der Waals surface area contributed by atoms with Crippen LogP contribution in [0, 0.1) is 11.5 Å². The van der Waals surface area contributed by atoms with Gasteiger partial charge in [0.25, 0.3) is 0 Å². The third-order valence-corrected chi connectivity index (χ3v) is 2.98. The Morgan fingerprint density at radius 2 is 2.40 bits per heavy atom. The maximum absolute atomic E-state index is 11.0. The summed E-state index contributed by atoms with van der Waals surface area (Å²) in [7, 11) is 0. The Morgan fingerprint density at radius 1 is 1.67 bits per heavy atom. The zero-order chi connectivity index (χ0) is 11.3. The van der Waals surface area contributed by atoms with Crippen LogP contribution in [-0.4, -0.2) is 22.5 Å². The standard InChI is InChI=1S/C10H16N3OS/c1-3-4-5-8(12-7(2)14)10-13-9(11)6-15-10/h11H,3-6H2,1-2H3,(H,12,14). The molecule has 0 saturated heterocycles. The molecule has 0 spiro atoms. The number of carbonyl (C=O) groups is 1. The predicted molar refractivity (Wildman–Crippen MR) is 64.2 cm³/mol. The van der Waals surface area contributed by atoms with Gasteiger partial charge in [-0.2, -0.15) is 0 Å². The molecule has 2 N–H and O–H groups in total. The first-order valence-corrected chi connectivity index (χ1v) is 6.04. The Labute approximate surface area is 94.4 Å². The van der Waals surface area contributed by atoms with Crippen LogP contribution in [0.15, 0.2) is 4.99 Å².